The lowest BCUT2D eigenvalue weighted by Gasteiger charge is -2.24. The van der Waals surface area contributed by atoms with E-state index in [0.717, 1.165) is 21.3 Å². The minimum Gasteiger partial charge on any atom is -0.512 e. The molecule has 2 aromatic rings. The Balaban J connectivity index is 1.81. The molecule has 1 aliphatic rings. The van der Waals surface area contributed by atoms with Gasteiger partial charge in [-0.1, -0.05) is 46.3 Å². The highest BCUT2D eigenvalue weighted by Crippen LogP contribution is 2.35. The number of hydrogen-bond acceptors (Lipinski definition) is 3. The van der Waals surface area contributed by atoms with Gasteiger partial charge >= 0.3 is 0 Å². The average Bonchev–Trinajstić information content (AvgIpc) is 2.59. The summed E-state index contributed by atoms with van der Waals surface area (Å²) in [6.45, 7) is 0. The van der Waals surface area contributed by atoms with Crippen LogP contribution in [-0.2, 0) is 11.2 Å². The molecule has 0 heterocycles. The smallest absolute Gasteiger partial charge is 0.163 e. The number of ketones is 1. The molecule has 0 bridgehead atoms. The number of ether oxygens (including phenoxy) is 1. The van der Waals surface area contributed by atoms with E-state index in [9.17, 15) is 9.90 Å². The molecule has 4 heteroatoms. The van der Waals surface area contributed by atoms with Gasteiger partial charge in [0.15, 0.2) is 5.78 Å². The van der Waals surface area contributed by atoms with E-state index in [1.54, 1.807) is 7.11 Å². The molecule has 1 N–H and O–H groups in total. The Morgan fingerprint density at radius 1 is 1.12 bits per heavy atom. The topological polar surface area (TPSA) is 46.5 Å². The second-order valence-electron chi connectivity index (χ2n) is 5.99. The third kappa shape index (κ3) is 3.54. The van der Waals surface area contributed by atoms with Crippen LogP contribution in [0.15, 0.2) is 64.3 Å². The number of benzene rings is 2. The van der Waals surface area contributed by atoms with Gasteiger partial charge in [0.2, 0.25) is 0 Å². The van der Waals surface area contributed by atoms with Gasteiger partial charge in [0, 0.05) is 29.3 Å². The van der Waals surface area contributed by atoms with Gasteiger partial charge in [0.1, 0.15) is 5.75 Å². The zero-order valence-electron chi connectivity index (χ0n) is 13.5. The number of aliphatic hydroxyl groups excluding tert-OH is 1. The van der Waals surface area contributed by atoms with Crippen LogP contribution < -0.4 is 4.74 Å². The van der Waals surface area contributed by atoms with Gasteiger partial charge in [-0.25, -0.2) is 0 Å². The van der Waals surface area contributed by atoms with Crippen LogP contribution in [0.2, 0.25) is 0 Å². The number of carbonyl (C=O) groups is 1. The van der Waals surface area contributed by atoms with Crippen molar-refractivity contribution in [1.29, 1.82) is 0 Å². The van der Waals surface area contributed by atoms with Crippen LogP contribution in [0.4, 0.5) is 0 Å². The minimum absolute atomic E-state index is 0.0198. The van der Waals surface area contributed by atoms with Crippen LogP contribution >= 0.6 is 15.9 Å². The Morgan fingerprint density at radius 3 is 2.46 bits per heavy atom. The van der Waals surface area contributed by atoms with E-state index in [-0.39, 0.29) is 17.5 Å². The Bertz CT molecular complexity index is 778. The molecule has 1 unspecified atom stereocenters. The summed E-state index contributed by atoms with van der Waals surface area (Å²) in [5, 5.41) is 10.4. The Morgan fingerprint density at radius 2 is 1.83 bits per heavy atom. The van der Waals surface area contributed by atoms with Crippen molar-refractivity contribution in [1.82, 2.24) is 0 Å². The maximum atomic E-state index is 12.6. The van der Waals surface area contributed by atoms with Crippen molar-refractivity contribution in [2.75, 3.05) is 7.11 Å². The van der Waals surface area contributed by atoms with Crippen LogP contribution in [0.3, 0.4) is 0 Å². The lowest BCUT2D eigenvalue weighted by Crippen LogP contribution is -2.20. The predicted molar refractivity (Wildman–Crippen MR) is 97.5 cm³/mol. The molecule has 0 fully saturated rings. The fraction of sp³-hybridized carbons (Fsp3) is 0.250. The summed E-state index contributed by atoms with van der Waals surface area (Å²) >= 11 is 3.50. The molecule has 1 aliphatic carbocycles. The Kier molecular flexibility index (Phi) is 5.05. The van der Waals surface area contributed by atoms with E-state index in [4.69, 9.17) is 4.74 Å². The van der Waals surface area contributed by atoms with Crippen LogP contribution in [0.25, 0.3) is 0 Å². The molecule has 0 amide bonds. The zero-order chi connectivity index (χ0) is 17.1. The first-order chi connectivity index (χ1) is 11.6. The molecule has 3 nitrogen and oxygen atoms in total. The number of methoxy groups -OCH3 is 1. The van der Waals surface area contributed by atoms with E-state index in [2.05, 4.69) is 15.9 Å². The summed E-state index contributed by atoms with van der Waals surface area (Å²) in [7, 11) is 1.63. The number of carbonyl (C=O) groups excluding carboxylic acids is 1. The number of allylic oxidation sites excluding steroid dienone is 2. The zero-order valence-corrected chi connectivity index (χ0v) is 15.0. The number of hydrogen-bond donors (Lipinski definition) is 1. The molecule has 0 saturated heterocycles. The van der Waals surface area contributed by atoms with Crippen molar-refractivity contribution in [3.05, 3.63) is 75.5 Å². The molecule has 3 rings (SSSR count). The third-order valence-corrected chi connectivity index (χ3v) is 5.24. The number of Topliss-reactive ketones (excluding diaryl/α,β-unsaturated/α-hetero) is 1. The van der Waals surface area contributed by atoms with Crippen molar-refractivity contribution < 1.29 is 14.6 Å². The largest absolute Gasteiger partial charge is 0.512 e. The van der Waals surface area contributed by atoms with E-state index < -0.39 is 0 Å². The number of aliphatic hydroxyl groups is 1. The van der Waals surface area contributed by atoms with Gasteiger partial charge in [0.25, 0.3) is 0 Å². The van der Waals surface area contributed by atoms with Crippen molar-refractivity contribution in [2.45, 2.75) is 25.2 Å². The first-order valence-electron chi connectivity index (χ1n) is 7.90. The normalized spacial score (nSPS) is 17.9. The average molecular weight is 387 g/mol. The summed E-state index contributed by atoms with van der Waals surface area (Å²) < 4.78 is 6.12. The lowest BCUT2D eigenvalue weighted by molar-refractivity contribution is -0.116. The monoisotopic (exact) mass is 386 g/mol. The van der Waals surface area contributed by atoms with Gasteiger partial charge in [-0.15, -0.1) is 0 Å². The highest BCUT2D eigenvalue weighted by molar-refractivity contribution is 9.10. The molecule has 24 heavy (non-hydrogen) atoms. The molecule has 2 aromatic carbocycles. The summed E-state index contributed by atoms with van der Waals surface area (Å²) in [6, 6.07) is 15.5. The second kappa shape index (κ2) is 7.22. The maximum Gasteiger partial charge on any atom is 0.163 e. The second-order valence-corrected chi connectivity index (χ2v) is 6.85. The molecule has 0 aliphatic heterocycles. The van der Waals surface area contributed by atoms with E-state index in [1.165, 1.54) is 0 Å². The van der Waals surface area contributed by atoms with Crippen molar-refractivity contribution in [3.8, 4) is 5.75 Å². The van der Waals surface area contributed by atoms with Gasteiger partial charge < -0.3 is 9.84 Å². The Hall–Kier alpha value is -2.07. The lowest BCUT2D eigenvalue weighted by atomic mass is 9.81. The highest BCUT2D eigenvalue weighted by atomic mass is 79.9. The number of halogens is 1. The van der Waals surface area contributed by atoms with E-state index in [0.29, 0.717) is 24.8 Å². The van der Waals surface area contributed by atoms with Crippen molar-refractivity contribution in [3.63, 3.8) is 0 Å². The molecule has 0 spiro atoms. The van der Waals surface area contributed by atoms with Gasteiger partial charge in [-0.2, -0.15) is 0 Å². The van der Waals surface area contributed by atoms with Gasteiger partial charge in [-0.3, -0.25) is 4.79 Å². The number of rotatable bonds is 4. The van der Waals surface area contributed by atoms with Crippen molar-refractivity contribution in [2.24, 2.45) is 0 Å². The molecule has 124 valence electrons. The third-order valence-electron chi connectivity index (χ3n) is 4.47. The summed E-state index contributed by atoms with van der Waals surface area (Å²) in [5.74, 6) is 1.04. The fourth-order valence-electron chi connectivity index (χ4n) is 3.08. The SMILES string of the molecule is COc1ccc(C2CC(=O)C(Cc3ccccc3Br)=C(O)C2)cc1. The van der Waals surface area contributed by atoms with Crippen LogP contribution in [0.1, 0.15) is 29.9 Å². The highest BCUT2D eigenvalue weighted by Gasteiger charge is 2.28. The molecule has 1 atom stereocenters. The first kappa shape index (κ1) is 16.8. The molecule has 0 saturated carbocycles. The molecule has 0 radical (unpaired) electrons. The quantitative estimate of drug-likeness (QED) is 0.807. The van der Waals surface area contributed by atoms with Crippen LogP contribution in [-0.4, -0.2) is 18.0 Å². The summed E-state index contributed by atoms with van der Waals surface area (Å²) in [4.78, 5) is 12.6. The summed E-state index contributed by atoms with van der Waals surface area (Å²) in [6.07, 6.45) is 1.38. The van der Waals surface area contributed by atoms with Gasteiger partial charge in [0.05, 0.1) is 12.9 Å². The molecular weight excluding hydrogens is 368 g/mol. The minimum atomic E-state index is 0.0198. The summed E-state index contributed by atoms with van der Waals surface area (Å²) in [5.41, 5.74) is 2.60. The Labute approximate surface area is 150 Å². The van der Waals surface area contributed by atoms with E-state index in [1.807, 2.05) is 48.5 Å². The fourth-order valence-corrected chi connectivity index (χ4v) is 3.51. The van der Waals surface area contributed by atoms with Gasteiger partial charge in [-0.05, 0) is 35.2 Å². The maximum absolute atomic E-state index is 12.6. The predicted octanol–water partition coefficient (Wildman–Crippen LogP) is 4.96. The van der Waals surface area contributed by atoms with Crippen LogP contribution in [0.5, 0.6) is 5.75 Å². The molecular formula is C20H19BrO3. The van der Waals surface area contributed by atoms with E-state index >= 15 is 0 Å². The molecule has 0 aromatic heterocycles. The van der Waals surface area contributed by atoms with Crippen LogP contribution in [0, 0.1) is 0 Å². The first-order valence-corrected chi connectivity index (χ1v) is 8.69. The standard InChI is InChI=1S/C20H19BrO3/c1-24-16-8-6-13(7-9-16)15-11-19(22)17(20(23)12-15)10-14-4-2-3-5-18(14)21/h2-9,15,22H,10-12H2,1H3. The van der Waals surface area contributed by atoms with Crippen molar-refractivity contribution >= 4 is 21.7 Å².